The molecule has 1 aromatic carbocycles. The molecule has 0 bridgehead atoms. The predicted octanol–water partition coefficient (Wildman–Crippen LogP) is 1.22. The van der Waals surface area contributed by atoms with Gasteiger partial charge in [0, 0.05) is 39.8 Å². The van der Waals surface area contributed by atoms with Gasteiger partial charge in [-0.05, 0) is 31.0 Å². The van der Waals surface area contributed by atoms with Gasteiger partial charge in [0.25, 0.3) is 0 Å². The minimum atomic E-state index is -0.546. The molecule has 6 heteroatoms. The normalized spacial score (nSPS) is 16.7. The van der Waals surface area contributed by atoms with E-state index in [1.165, 1.54) is 0 Å². The second-order valence-electron chi connectivity index (χ2n) is 6.66. The van der Waals surface area contributed by atoms with Crippen molar-refractivity contribution in [1.29, 1.82) is 0 Å². The van der Waals surface area contributed by atoms with Crippen LogP contribution in [0.2, 0.25) is 0 Å². The van der Waals surface area contributed by atoms with Gasteiger partial charge in [0.05, 0.1) is 13.0 Å². The maximum Gasteiger partial charge on any atom is 0.224 e. The Balaban J connectivity index is 1.70. The summed E-state index contributed by atoms with van der Waals surface area (Å²) >= 11 is 0. The van der Waals surface area contributed by atoms with Crippen molar-refractivity contribution in [1.82, 2.24) is 9.80 Å². The number of β-amino-alcohol motifs (C(OH)–C–C–N with tert-alkyl or cyclic N) is 1. The van der Waals surface area contributed by atoms with Crippen LogP contribution in [0.4, 0.5) is 0 Å². The molecule has 0 spiro atoms. The van der Waals surface area contributed by atoms with E-state index >= 15 is 0 Å². The summed E-state index contributed by atoms with van der Waals surface area (Å²) in [6.07, 6.45) is -0.112. The van der Waals surface area contributed by atoms with Crippen molar-refractivity contribution in [3.63, 3.8) is 0 Å². The minimum Gasteiger partial charge on any atom is -0.491 e. The number of ether oxygens (including phenoxy) is 2. The molecular formula is C19H30N2O4. The number of carbonyl (C=O) groups is 1. The van der Waals surface area contributed by atoms with Crippen LogP contribution >= 0.6 is 0 Å². The van der Waals surface area contributed by atoms with Gasteiger partial charge in [0.2, 0.25) is 5.91 Å². The van der Waals surface area contributed by atoms with E-state index in [2.05, 4.69) is 4.90 Å². The fourth-order valence-corrected chi connectivity index (χ4v) is 2.93. The van der Waals surface area contributed by atoms with E-state index in [0.717, 1.165) is 30.0 Å². The number of aryl methyl sites for hydroxylation is 2. The van der Waals surface area contributed by atoms with Crippen LogP contribution in [0.15, 0.2) is 18.2 Å². The fourth-order valence-electron chi connectivity index (χ4n) is 2.93. The van der Waals surface area contributed by atoms with E-state index in [0.29, 0.717) is 32.7 Å². The molecule has 1 aromatic rings. The predicted molar refractivity (Wildman–Crippen MR) is 96.9 cm³/mol. The monoisotopic (exact) mass is 350 g/mol. The summed E-state index contributed by atoms with van der Waals surface area (Å²) in [5, 5.41) is 10.3. The van der Waals surface area contributed by atoms with Crippen molar-refractivity contribution in [2.24, 2.45) is 0 Å². The molecule has 140 valence electrons. The lowest BCUT2D eigenvalue weighted by molar-refractivity contribution is -0.134. The zero-order chi connectivity index (χ0) is 18.2. The second-order valence-corrected chi connectivity index (χ2v) is 6.66. The average Bonchev–Trinajstić information content (AvgIpc) is 2.61. The molecule has 1 fully saturated rings. The van der Waals surface area contributed by atoms with E-state index in [4.69, 9.17) is 9.47 Å². The van der Waals surface area contributed by atoms with Crippen LogP contribution < -0.4 is 4.74 Å². The van der Waals surface area contributed by atoms with Crippen LogP contribution in [-0.4, -0.2) is 80.0 Å². The SMILES string of the molecule is COCCC(=O)N1CCN(C[C@H](O)COc2cc(C)ccc2C)CC1. The molecule has 1 aliphatic rings. The first-order chi connectivity index (χ1) is 12.0. The number of piperazine rings is 1. The maximum atomic E-state index is 12.0. The third-order valence-corrected chi connectivity index (χ3v) is 4.49. The summed E-state index contributed by atoms with van der Waals surface area (Å²) in [6.45, 7) is 8.28. The molecule has 1 N–H and O–H groups in total. The highest BCUT2D eigenvalue weighted by molar-refractivity contribution is 5.76. The number of hydrogen-bond donors (Lipinski definition) is 1. The average molecular weight is 350 g/mol. The van der Waals surface area contributed by atoms with E-state index < -0.39 is 6.10 Å². The highest BCUT2D eigenvalue weighted by Gasteiger charge is 2.22. The number of amides is 1. The third kappa shape index (κ3) is 6.30. The maximum absolute atomic E-state index is 12.0. The second kappa shape index (κ2) is 9.75. The summed E-state index contributed by atoms with van der Waals surface area (Å²) in [5.41, 5.74) is 2.21. The molecule has 1 amide bonds. The molecule has 0 unspecified atom stereocenters. The van der Waals surface area contributed by atoms with Crippen molar-refractivity contribution >= 4 is 5.91 Å². The third-order valence-electron chi connectivity index (χ3n) is 4.49. The molecule has 6 nitrogen and oxygen atoms in total. The van der Waals surface area contributed by atoms with E-state index in [1.807, 2.05) is 36.9 Å². The molecule has 0 saturated carbocycles. The van der Waals surface area contributed by atoms with E-state index in [9.17, 15) is 9.90 Å². The Hall–Kier alpha value is -1.63. The Labute approximate surface area is 150 Å². The number of aliphatic hydroxyl groups is 1. The molecule has 0 aromatic heterocycles. The number of carbonyl (C=O) groups excluding carboxylic acids is 1. The molecule has 1 aliphatic heterocycles. The van der Waals surface area contributed by atoms with Gasteiger partial charge < -0.3 is 19.5 Å². The molecule has 1 atom stereocenters. The highest BCUT2D eigenvalue weighted by atomic mass is 16.5. The molecule has 0 radical (unpaired) electrons. The van der Waals surface area contributed by atoms with Gasteiger partial charge >= 0.3 is 0 Å². The molecule has 1 saturated heterocycles. The molecule has 2 rings (SSSR count). The quantitative estimate of drug-likeness (QED) is 0.764. The Morgan fingerprint density at radius 2 is 1.96 bits per heavy atom. The minimum absolute atomic E-state index is 0.139. The number of hydrogen-bond acceptors (Lipinski definition) is 5. The van der Waals surface area contributed by atoms with Crippen LogP contribution in [0.3, 0.4) is 0 Å². The van der Waals surface area contributed by atoms with Gasteiger partial charge in [-0.25, -0.2) is 0 Å². The zero-order valence-electron chi connectivity index (χ0n) is 15.5. The number of aliphatic hydroxyl groups excluding tert-OH is 1. The Morgan fingerprint density at radius 3 is 2.64 bits per heavy atom. The summed E-state index contributed by atoms with van der Waals surface area (Å²) in [7, 11) is 1.60. The van der Waals surface area contributed by atoms with Crippen LogP contribution in [-0.2, 0) is 9.53 Å². The van der Waals surface area contributed by atoms with Crippen molar-refractivity contribution in [3.8, 4) is 5.75 Å². The largest absolute Gasteiger partial charge is 0.491 e. The highest BCUT2D eigenvalue weighted by Crippen LogP contribution is 2.19. The van der Waals surface area contributed by atoms with Crippen LogP contribution in [0.25, 0.3) is 0 Å². The van der Waals surface area contributed by atoms with Gasteiger partial charge in [-0.1, -0.05) is 12.1 Å². The summed E-state index contributed by atoms with van der Waals surface area (Å²) in [5.74, 6) is 0.966. The van der Waals surface area contributed by atoms with Gasteiger partial charge in [-0.15, -0.1) is 0 Å². The van der Waals surface area contributed by atoms with Crippen LogP contribution in [0.1, 0.15) is 17.5 Å². The first-order valence-electron chi connectivity index (χ1n) is 8.86. The topological polar surface area (TPSA) is 62.2 Å². The number of nitrogens with zero attached hydrogens (tertiary/aromatic N) is 2. The molecular weight excluding hydrogens is 320 g/mol. The van der Waals surface area contributed by atoms with Crippen molar-refractivity contribution in [2.75, 3.05) is 53.0 Å². The fraction of sp³-hybridized carbons (Fsp3) is 0.632. The number of benzene rings is 1. The van der Waals surface area contributed by atoms with Crippen molar-refractivity contribution < 1.29 is 19.4 Å². The zero-order valence-corrected chi connectivity index (χ0v) is 15.5. The Morgan fingerprint density at radius 1 is 1.24 bits per heavy atom. The molecule has 25 heavy (non-hydrogen) atoms. The first kappa shape index (κ1) is 19.7. The Kier molecular flexibility index (Phi) is 7.68. The van der Waals surface area contributed by atoms with Crippen molar-refractivity contribution in [3.05, 3.63) is 29.3 Å². The Bertz CT molecular complexity index is 556. The lowest BCUT2D eigenvalue weighted by atomic mass is 10.1. The van der Waals surface area contributed by atoms with Gasteiger partial charge in [-0.2, -0.15) is 0 Å². The van der Waals surface area contributed by atoms with E-state index in [1.54, 1.807) is 7.11 Å². The van der Waals surface area contributed by atoms with Crippen LogP contribution in [0.5, 0.6) is 5.75 Å². The molecule has 0 aliphatic carbocycles. The molecule has 1 heterocycles. The smallest absolute Gasteiger partial charge is 0.224 e. The lowest BCUT2D eigenvalue weighted by Gasteiger charge is -2.35. The summed E-state index contributed by atoms with van der Waals surface area (Å²) in [4.78, 5) is 16.0. The van der Waals surface area contributed by atoms with Gasteiger partial charge in [0.1, 0.15) is 18.5 Å². The number of methoxy groups -OCH3 is 1. The summed E-state index contributed by atoms with van der Waals surface area (Å²) < 4.78 is 10.7. The van der Waals surface area contributed by atoms with Gasteiger partial charge in [0.15, 0.2) is 0 Å². The van der Waals surface area contributed by atoms with Crippen molar-refractivity contribution in [2.45, 2.75) is 26.4 Å². The summed E-state index contributed by atoms with van der Waals surface area (Å²) in [6, 6.07) is 6.06. The first-order valence-corrected chi connectivity index (χ1v) is 8.86. The van der Waals surface area contributed by atoms with E-state index in [-0.39, 0.29) is 12.5 Å². The van der Waals surface area contributed by atoms with Gasteiger partial charge in [-0.3, -0.25) is 9.69 Å². The number of rotatable bonds is 8. The standard InChI is InChI=1S/C19H30N2O4/c1-15-4-5-16(2)18(12-15)25-14-17(22)13-20-7-9-21(10-8-20)19(23)6-11-24-3/h4-5,12,17,22H,6-11,13-14H2,1-3H3/t17-/m0/s1. The van der Waals surface area contributed by atoms with Crippen LogP contribution in [0, 0.1) is 13.8 Å². The lowest BCUT2D eigenvalue weighted by Crippen LogP contribution is -2.51.